The van der Waals surface area contributed by atoms with Crippen molar-refractivity contribution in [2.24, 2.45) is 0 Å². The van der Waals surface area contributed by atoms with Crippen LogP contribution in [0.4, 0.5) is 0 Å². The lowest BCUT2D eigenvalue weighted by Gasteiger charge is -1.97. The Kier molecular flexibility index (Phi) is 0.746. The molecule has 0 saturated carbocycles. The first kappa shape index (κ1) is 4.77. The zero-order valence-electron chi connectivity index (χ0n) is 5.20. The van der Waals surface area contributed by atoms with Gasteiger partial charge < -0.3 is 10.6 Å². The van der Waals surface area contributed by atoms with Crippen LogP contribution < -0.4 is 10.6 Å². The zero-order chi connectivity index (χ0) is 5.61. The third kappa shape index (κ3) is 0.565. The van der Waals surface area contributed by atoms with Crippen LogP contribution in [0.1, 0.15) is 13.3 Å². The number of nitrogens with one attached hydrogen (secondary N) is 2. The molecule has 0 amide bonds. The second-order valence-electron chi connectivity index (χ2n) is 3.12. The lowest BCUT2D eigenvalue weighted by atomic mass is 10.1. The van der Waals surface area contributed by atoms with Gasteiger partial charge in [-0.05, 0) is 13.3 Å². The van der Waals surface area contributed by atoms with Gasteiger partial charge in [-0.3, -0.25) is 0 Å². The molecule has 2 unspecified atom stereocenters. The van der Waals surface area contributed by atoms with Crippen LogP contribution in [0.25, 0.3) is 0 Å². The highest BCUT2D eigenvalue weighted by atomic mass is 15.2. The molecule has 2 atom stereocenters. The average molecular weight is 112 g/mol. The van der Waals surface area contributed by atoms with E-state index in [2.05, 4.69) is 17.6 Å². The molecule has 2 fully saturated rings. The third-order valence-corrected chi connectivity index (χ3v) is 2.16. The van der Waals surface area contributed by atoms with Crippen molar-refractivity contribution in [3.63, 3.8) is 0 Å². The maximum absolute atomic E-state index is 3.41. The SMILES string of the molecule is CC1CC2(CN1)CN2. The Morgan fingerprint density at radius 3 is 2.50 bits per heavy atom. The molecule has 1 spiro atoms. The minimum atomic E-state index is 0.555. The first-order chi connectivity index (χ1) is 3.81. The van der Waals surface area contributed by atoms with Crippen molar-refractivity contribution in [1.82, 2.24) is 10.6 Å². The van der Waals surface area contributed by atoms with E-state index in [0.29, 0.717) is 5.54 Å². The molecule has 46 valence electrons. The van der Waals surface area contributed by atoms with E-state index in [-0.39, 0.29) is 0 Å². The van der Waals surface area contributed by atoms with Gasteiger partial charge in [0.1, 0.15) is 0 Å². The molecule has 0 bridgehead atoms. The Morgan fingerprint density at radius 1 is 1.50 bits per heavy atom. The number of rotatable bonds is 0. The van der Waals surface area contributed by atoms with Crippen molar-refractivity contribution < 1.29 is 0 Å². The lowest BCUT2D eigenvalue weighted by Crippen LogP contribution is -2.20. The van der Waals surface area contributed by atoms with Gasteiger partial charge in [-0.2, -0.15) is 0 Å². The first-order valence-corrected chi connectivity index (χ1v) is 3.29. The summed E-state index contributed by atoms with van der Waals surface area (Å²) >= 11 is 0. The van der Waals surface area contributed by atoms with Crippen molar-refractivity contribution in [3.05, 3.63) is 0 Å². The van der Waals surface area contributed by atoms with Crippen LogP contribution in [0.5, 0.6) is 0 Å². The third-order valence-electron chi connectivity index (χ3n) is 2.16. The van der Waals surface area contributed by atoms with Gasteiger partial charge in [-0.15, -0.1) is 0 Å². The normalized spacial score (nSPS) is 52.9. The molecule has 2 aliphatic heterocycles. The maximum atomic E-state index is 3.41. The molecule has 2 saturated heterocycles. The summed E-state index contributed by atoms with van der Waals surface area (Å²) in [4.78, 5) is 0. The molecule has 2 rings (SSSR count). The van der Waals surface area contributed by atoms with Crippen LogP contribution in [0.3, 0.4) is 0 Å². The van der Waals surface area contributed by atoms with E-state index in [0.717, 1.165) is 6.04 Å². The van der Waals surface area contributed by atoms with Crippen molar-refractivity contribution in [1.29, 1.82) is 0 Å². The summed E-state index contributed by atoms with van der Waals surface area (Å²) in [6.07, 6.45) is 1.33. The number of hydrogen-bond donors (Lipinski definition) is 2. The standard InChI is InChI=1S/C6H12N2/c1-5-2-6(3-7-5)4-8-6/h5,7-8H,2-4H2,1H3. The molecule has 2 heterocycles. The van der Waals surface area contributed by atoms with E-state index < -0.39 is 0 Å². The smallest absolute Gasteiger partial charge is 0.0448 e. The van der Waals surface area contributed by atoms with Crippen molar-refractivity contribution in [2.75, 3.05) is 13.1 Å². The van der Waals surface area contributed by atoms with E-state index in [4.69, 9.17) is 0 Å². The van der Waals surface area contributed by atoms with Gasteiger partial charge in [0.25, 0.3) is 0 Å². The van der Waals surface area contributed by atoms with E-state index in [1.54, 1.807) is 0 Å². The second-order valence-corrected chi connectivity index (χ2v) is 3.12. The molecule has 0 aliphatic carbocycles. The van der Waals surface area contributed by atoms with Crippen LogP contribution in [0.2, 0.25) is 0 Å². The van der Waals surface area contributed by atoms with Gasteiger partial charge in [0, 0.05) is 24.7 Å². The fraction of sp³-hybridized carbons (Fsp3) is 1.00. The predicted octanol–water partition coefficient (Wildman–Crippen LogP) is -0.290. The van der Waals surface area contributed by atoms with Crippen LogP contribution in [0.15, 0.2) is 0 Å². The maximum Gasteiger partial charge on any atom is 0.0448 e. The minimum Gasteiger partial charge on any atom is -0.312 e. The summed E-state index contributed by atoms with van der Waals surface area (Å²) in [6.45, 7) is 4.67. The minimum absolute atomic E-state index is 0.555. The molecule has 2 aliphatic rings. The monoisotopic (exact) mass is 112 g/mol. The van der Waals surface area contributed by atoms with Gasteiger partial charge in [0.05, 0.1) is 0 Å². The molecular weight excluding hydrogens is 100 g/mol. The Labute approximate surface area is 49.7 Å². The second kappa shape index (κ2) is 1.25. The summed E-state index contributed by atoms with van der Waals surface area (Å²) in [7, 11) is 0. The highest BCUT2D eigenvalue weighted by Gasteiger charge is 2.46. The first-order valence-electron chi connectivity index (χ1n) is 3.29. The predicted molar refractivity (Wildman–Crippen MR) is 32.8 cm³/mol. The Balaban J connectivity index is 2.03. The average Bonchev–Trinajstić information content (AvgIpc) is 2.34. The molecule has 2 heteroatoms. The summed E-state index contributed by atoms with van der Waals surface area (Å²) in [6, 6.07) is 0.741. The van der Waals surface area contributed by atoms with E-state index in [1.807, 2.05) is 0 Å². The van der Waals surface area contributed by atoms with Crippen LogP contribution in [-0.4, -0.2) is 24.7 Å². The van der Waals surface area contributed by atoms with Crippen LogP contribution >= 0.6 is 0 Å². The number of hydrogen-bond acceptors (Lipinski definition) is 2. The van der Waals surface area contributed by atoms with Crippen molar-refractivity contribution in [2.45, 2.75) is 24.9 Å². The van der Waals surface area contributed by atoms with Gasteiger partial charge in [-0.1, -0.05) is 0 Å². The molecular formula is C6H12N2. The molecule has 0 aromatic heterocycles. The fourth-order valence-corrected chi connectivity index (χ4v) is 1.49. The van der Waals surface area contributed by atoms with Crippen molar-refractivity contribution in [3.8, 4) is 0 Å². The summed E-state index contributed by atoms with van der Waals surface area (Å²) in [5.74, 6) is 0. The fourth-order valence-electron chi connectivity index (χ4n) is 1.49. The molecule has 0 aromatic carbocycles. The van der Waals surface area contributed by atoms with E-state index in [1.165, 1.54) is 19.5 Å². The topological polar surface area (TPSA) is 34.0 Å². The summed E-state index contributed by atoms with van der Waals surface area (Å²) < 4.78 is 0. The Hall–Kier alpha value is -0.0800. The highest BCUT2D eigenvalue weighted by molar-refractivity contribution is 5.11. The molecule has 0 aromatic rings. The highest BCUT2D eigenvalue weighted by Crippen LogP contribution is 2.27. The molecule has 2 nitrogen and oxygen atoms in total. The Morgan fingerprint density at radius 2 is 2.25 bits per heavy atom. The van der Waals surface area contributed by atoms with E-state index >= 15 is 0 Å². The zero-order valence-corrected chi connectivity index (χ0v) is 5.20. The Bertz CT molecular complexity index is 107. The van der Waals surface area contributed by atoms with Gasteiger partial charge in [0.15, 0.2) is 0 Å². The quantitative estimate of drug-likeness (QED) is 0.422. The van der Waals surface area contributed by atoms with Gasteiger partial charge in [0.2, 0.25) is 0 Å². The molecule has 2 N–H and O–H groups in total. The van der Waals surface area contributed by atoms with Gasteiger partial charge in [-0.25, -0.2) is 0 Å². The summed E-state index contributed by atoms with van der Waals surface area (Å²) in [5.41, 5.74) is 0.555. The van der Waals surface area contributed by atoms with Crippen LogP contribution in [-0.2, 0) is 0 Å². The summed E-state index contributed by atoms with van der Waals surface area (Å²) in [5, 5.41) is 6.79. The lowest BCUT2D eigenvalue weighted by molar-refractivity contribution is 0.645. The molecule has 8 heavy (non-hydrogen) atoms. The molecule has 0 radical (unpaired) electrons. The van der Waals surface area contributed by atoms with Crippen molar-refractivity contribution >= 4 is 0 Å². The van der Waals surface area contributed by atoms with E-state index in [9.17, 15) is 0 Å². The largest absolute Gasteiger partial charge is 0.312 e. The van der Waals surface area contributed by atoms with Gasteiger partial charge >= 0.3 is 0 Å². The van der Waals surface area contributed by atoms with Crippen LogP contribution in [0, 0.1) is 0 Å².